The summed E-state index contributed by atoms with van der Waals surface area (Å²) in [5, 5.41) is 0. The molecule has 1 spiro atoms. The normalized spacial score (nSPS) is 34.1. The number of hydrogen-bond donors (Lipinski definition) is 1. The third kappa shape index (κ3) is 1.97. The summed E-state index contributed by atoms with van der Waals surface area (Å²) in [5.74, 6) is 2.54. The Hall–Kier alpha value is -0.540. The predicted molar refractivity (Wildman–Crippen MR) is 76.6 cm³/mol. The Kier molecular flexibility index (Phi) is 2.94. The molecule has 3 rings (SSSR count). The summed E-state index contributed by atoms with van der Waals surface area (Å²) in [6, 6.07) is 6.27. The Balaban J connectivity index is 1.83. The van der Waals surface area contributed by atoms with Gasteiger partial charge in [-0.2, -0.15) is 0 Å². The predicted octanol–water partition coefficient (Wildman–Crippen LogP) is 4.04. The Labute approximate surface area is 117 Å². The molecule has 1 saturated carbocycles. The van der Waals surface area contributed by atoms with Gasteiger partial charge >= 0.3 is 0 Å². The lowest BCUT2D eigenvalue weighted by molar-refractivity contribution is -0.0845. The molecule has 0 saturated heterocycles. The number of rotatable bonds is 1. The lowest BCUT2D eigenvalue weighted by Gasteiger charge is -2.52. The standard InChI is InChI=1S/C15H20BrNO/c1-9(2)10-6-15(7-10)8-13(17)12-5-11(16)3-4-14(12)18-15/h3-5,9-10,13H,6-8,17H2,1-2H3/t10?,13-,15?/m1/s1. The van der Waals surface area contributed by atoms with E-state index in [9.17, 15) is 0 Å². The lowest BCUT2D eigenvalue weighted by atomic mass is 9.62. The van der Waals surface area contributed by atoms with Crippen LogP contribution in [0.15, 0.2) is 22.7 Å². The van der Waals surface area contributed by atoms with E-state index >= 15 is 0 Å². The Morgan fingerprint density at radius 3 is 2.72 bits per heavy atom. The molecule has 1 atom stereocenters. The lowest BCUT2D eigenvalue weighted by Crippen LogP contribution is -2.53. The summed E-state index contributed by atoms with van der Waals surface area (Å²) >= 11 is 3.49. The van der Waals surface area contributed by atoms with Crippen LogP contribution in [0.3, 0.4) is 0 Å². The van der Waals surface area contributed by atoms with Crippen molar-refractivity contribution in [2.75, 3.05) is 0 Å². The first-order valence-corrected chi connectivity index (χ1v) is 7.52. The summed E-state index contributed by atoms with van der Waals surface area (Å²) in [7, 11) is 0. The van der Waals surface area contributed by atoms with Gasteiger partial charge in [-0.3, -0.25) is 0 Å². The van der Waals surface area contributed by atoms with Crippen molar-refractivity contribution in [3.8, 4) is 5.75 Å². The number of hydrogen-bond acceptors (Lipinski definition) is 2. The van der Waals surface area contributed by atoms with E-state index in [4.69, 9.17) is 10.5 Å². The zero-order valence-electron chi connectivity index (χ0n) is 10.9. The average Bonchev–Trinajstić information content (AvgIpc) is 2.26. The second kappa shape index (κ2) is 4.24. The highest BCUT2D eigenvalue weighted by Gasteiger charge is 2.50. The molecule has 18 heavy (non-hydrogen) atoms. The quantitative estimate of drug-likeness (QED) is 0.850. The van der Waals surface area contributed by atoms with E-state index < -0.39 is 0 Å². The molecule has 0 aromatic heterocycles. The largest absolute Gasteiger partial charge is 0.487 e. The van der Waals surface area contributed by atoms with Crippen molar-refractivity contribution in [3.05, 3.63) is 28.2 Å². The Bertz CT molecular complexity index is 466. The zero-order chi connectivity index (χ0) is 12.9. The first-order valence-electron chi connectivity index (χ1n) is 6.73. The maximum absolute atomic E-state index is 6.32. The minimum atomic E-state index is 0.0230. The van der Waals surface area contributed by atoms with Crippen LogP contribution in [0.4, 0.5) is 0 Å². The maximum Gasteiger partial charge on any atom is 0.124 e. The SMILES string of the molecule is CC(C)C1CC2(C1)C[C@@H](N)c1cc(Br)ccc1O2. The molecule has 0 amide bonds. The molecule has 1 aliphatic carbocycles. The summed E-state index contributed by atoms with van der Waals surface area (Å²) < 4.78 is 7.33. The van der Waals surface area contributed by atoms with E-state index in [0.29, 0.717) is 0 Å². The minimum absolute atomic E-state index is 0.0230. The molecule has 2 aliphatic rings. The summed E-state index contributed by atoms with van der Waals surface area (Å²) in [6.07, 6.45) is 3.28. The highest BCUT2D eigenvalue weighted by atomic mass is 79.9. The van der Waals surface area contributed by atoms with E-state index in [0.717, 1.165) is 46.9 Å². The zero-order valence-corrected chi connectivity index (χ0v) is 12.5. The number of fused-ring (bicyclic) bond motifs is 1. The Morgan fingerprint density at radius 1 is 1.33 bits per heavy atom. The smallest absolute Gasteiger partial charge is 0.124 e. The van der Waals surface area contributed by atoms with Gasteiger partial charge in [0.15, 0.2) is 0 Å². The van der Waals surface area contributed by atoms with E-state index in [-0.39, 0.29) is 11.6 Å². The van der Waals surface area contributed by atoms with Gasteiger partial charge in [0.05, 0.1) is 0 Å². The highest BCUT2D eigenvalue weighted by Crippen LogP contribution is 2.52. The number of ether oxygens (including phenoxy) is 1. The summed E-state index contributed by atoms with van der Waals surface area (Å²) in [5.41, 5.74) is 7.49. The molecule has 1 heterocycles. The second-order valence-corrected chi connectivity index (χ2v) is 7.11. The van der Waals surface area contributed by atoms with Crippen molar-refractivity contribution in [1.29, 1.82) is 0 Å². The van der Waals surface area contributed by atoms with Crippen LogP contribution in [-0.4, -0.2) is 5.60 Å². The molecule has 3 heteroatoms. The van der Waals surface area contributed by atoms with Crippen molar-refractivity contribution in [2.45, 2.75) is 44.8 Å². The summed E-state index contributed by atoms with van der Waals surface area (Å²) in [6.45, 7) is 4.59. The van der Waals surface area contributed by atoms with Crippen molar-refractivity contribution in [2.24, 2.45) is 17.6 Å². The van der Waals surface area contributed by atoms with E-state index in [1.165, 1.54) is 0 Å². The van der Waals surface area contributed by atoms with E-state index in [1.54, 1.807) is 0 Å². The third-order valence-electron chi connectivity index (χ3n) is 4.50. The number of halogens is 1. The van der Waals surface area contributed by atoms with E-state index in [2.05, 4.69) is 35.8 Å². The summed E-state index contributed by atoms with van der Waals surface area (Å²) in [4.78, 5) is 0. The average molecular weight is 310 g/mol. The van der Waals surface area contributed by atoms with Crippen molar-refractivity contribution >= 4 is 15.9 Å². The maximum atomic E-state index is 6.32. The molecule has 2 nitrogen and oxygen atoms in total. The van der Waals surface area contributed by atoms with Gasteiger partial charge < -0.3 is 10.5 Å². The topological polar surface area (TPSA) is 35.2 Å². The minimum Gasteiger partial charge on any atom is -0.487 e. The van der Waals surface area contributed by atoms with Gasteiger partial charge in [0.2, 0.25) is 0 Å². The van der Waals surface area contributed by atoms with Crippen LogP contribution in [0, 0.1) is 11.8 Å². The molecular formula is C15H20BrNO. The Morgan fingerprint density at radius 2 is 2.06 bits per heavy atom. The third-order valence-corrected chi connectivity index (χ3v) is 4.99. The molecule has 0 radical (unpaired) electrons. The molecule has 1 aromatic carbocycles. The fourth-order valence-corrected chi connectivity index (χ4v) is 3.68. The fourth-order valence-electron chi connectivity index (χ4n) is 3.30. The van der Waals surface area contributed by atoms with Gasteiger partial charge in [0.1, 0.15) is 11.4 Å². The van der Waals surface area contributed by atoms with Crippen LogP contribution in [0.25, 0.3) is 0 Å². The van der Waals surface area contributed by atoms with Crippen molar-refractivity contribution in [1.82, 2.24) is 0 Å². The number of nitrogens with two attached hydrogens (primary N) is 1. The van der Waals surface area contributed by atoms with Gasteiger partial charge in [0, 0.05) is 22.5 Å². The van der Waals surface area contributed by atoms with E-state index in [1.807, 2.05) is 12.1 Å². The van der Waals surface area contributed by atoms with Gasteiger partial charge in [-0.1, -0.05) is 29.8 Å². The monoisotopic (exact) mass is 309 g/mol. The van der Waals surface area contributed by atoms with Crippen molar-refractivity contribution < 1.29 is 4.74 Å². The van der Waals surface area contributed by atoms with Gasteiger partial charge in [-0.15, -0.1) is 0 Å². The molecular weight excluding hydrogens is 290 g/mol. The molecule has 0 bridgehead atoms. The second-order valence-electron chi connectivity index (χ2n) is 6.19. The fraction of sp³-hybridized carbons (Fsp3) is 0.600. The first-order chi connectivity index (χ1) is 8.49. The van der Waals surface area contributed by atoms with Gasteiger partial charge in [-0.25, -0.2) is 0 Å². The molecule has 2 N–H and O–H groups in total. The first kappa shape index (κ1) is 12.5. The van der Waals surface area contributed by atoms with Crippen molar-refractivity contribution in [3.63, 3.8) is 0 Å². The molecule has 1 aliphatic heterocycles. The van der Waals surface area contributed by atoms with Crippen LogP contribution in [0.2, 0.25) is 0 Å². The molecule has 1 aromatic rings. The van der Waals surface area contributed by atoms with Crippen LogP contribution in [0.1, 0.15) is 44.7 Å². The molecule has 98 valence electrons. The van der Waals surface area contributed by atoms with Crippen LogP contribution >= 0.6 is 15.9 Å². The number of benzene rings is 1. The van der Waals surface area contributed by atoms with Gasteiger partial charge in [0.25, 0.3) is 0 Å². The highest BCUT2D eigenvalue weighted by molar-refractivity contribution is 9.10. The van der Waals surface area contributed by atoms with Crippen LogP contribution in [0.5, 0.6) is 5.75 Å². The van der Waals surface area contributed by atoms with Gasteiger partial charge in [-0.05, 0) is 42.9 Å². The molecule has 1 fully saturated rings. The van der Waals surface area contributed by atoms with Crippen LogP contribution < -0.4 is 10.5 Å². The van der Waals surface area contributed by atoms with Crippen LogP contribution in [-0.2, 0) is 0 Å². The molecule has 0 unspecified atom stereocenters.